The van der Waals surface area contributed by atoms with E-state index in [9.17, 15) is 14.4 Å². The molecule has 0 aliphatic heterocycles. The summed E-state index contributed by atoms with van der Waals surface area (Å²) < 4.78 is 0. The SMILES string of the molecule is CCN=C(NC#N)Nc1cccc(C(=O)NCC(=O)NOC(=O)CCc2ccccc2)c1. The maximum Gasteiger partial charge on any atom is 0.332 e. The summed E-state index contributed by atoms with van der Waals surface area (Å²) in [5.41, 5.74) is 3.82. The molecule has 2 aromatic carbocycles. The van der Waals surface area contributed by atoms with Crippen molar-refractivity contribution in [2.75, 3.05) is 18.4 Å². The molecule has 0 spiro atoms. The largest absolute Gasteiger partial charge is 0.343 e. The van der Waals surface area contributed by atoms with Crippen LogP contribution in [0, 0.1) is 11.5 Å². The molecule has 0 saturated heterocycles. The molecular formula is C22H24N6O4. The van der Waals surface area contributed by atoms with Gasteiger partial charge in [0, 0.05) is 17.8 Å². The molecule has 0 unspecified atom stereocenters. The molecule has 166 valence electrons. The number of nitriles is 1. The van der Waals surface area contributed by atoms with Gasteiger partial charge in [0.2, 0.25) is 5.96 Å². The fraction of sp³-hybridized carbons (Fsp3) is 0.227. The fourth-order valence-corrected chi connectivity index (χ4v) is 2.55. The van der Waals surface area contributed by atoms with Crippen molar-refractivity contribution in [3.8, 4) is 6.19 Å². The van der Waals surface area contributed by atoms with E-state index in [1.807, 2.05) is 42.7 Å². The molecule has 0 aliphatic rings. The van der Waals surface area contributed by atoms with Crippen LogP contribution in [0.2, 0.25) is 0 Å². The molecule has 0 saturated carbocycles. The summed E-state index contributed by atoms with van der Waals surface area (Å²) in [6, 6.07) is 15.9. The standard InChI is InChI=1S/C22H24N6O4/c1-2-24-22(26-15-23)27-18-10-6-9-17(13-18)21(31)25-14-19(29)28-32-20(30)12-11-16-7-4-3-5-8-16/h3-10,13H,2,11-12,14H2,1H3,(H,25,31)(H,28,29)(H2,24,26,27). The second kappa shape index (κ2) is 13.0. The number of hydroxylamine groups is 1. The summed E-state index contributed by atoms with van der Waals surface area (Å²) in [5.74, 6) is -1.50. The van der Waals surface area contributed by atoms with Crippen LogP contribution in [0.5, 0.6) is 0 Å². The van der Waals surface area contributed by atoms with Gasteiger partial charge in [-0.3, -0.25) is 19.9 Å². The fourth-order valence-electron chi connectivity index (χ4n) is 2.55. The molecule has 2 rings (SSSR count). The summed E-state index contributed by atoms with van der Waals surface area (Å²) in [4.78, 5) is 44.7. The number of carbonyl (C=O) groups is 3. The highest BCUT2D eigenvalue weighted by Crippen LogP contribution is 2.10. The molecule has 4 N–H and O–H groups in total. The number of nitrogens with one attached hydrogen (secondary N) is 4. The maximum absolute atomic E-state index is 12.3. The van der Waals surface area contributed by atoms with Gasteiger partial charge in [-0.2, -0.15) is 10.7 Å². The first-order valence-corrected chi connectivity index (χ1v) is 9.89. The smallest absolute Gasteiger partial charge is 0.332 e. The minimum Gasteiger partial charge on any atom is -0.343 e. The molecule has 2 aromatic rings. The molecule has 10 heteroatoms. The number of rotatable bonds is 8. The molecule has 2 amide bonds. The summed E-state index contributed by atoms with van der Waals surface area (Å²) in [5, 5.41) is 16.5. The number of nitrogens with zero attached hydrogens (tertiary/aromatic N) is 2. The Labute approximate surface area is 185 Å². The van der Waals surface area contributed by atoms with Gasteiger partial charge in [-0.05, 0) is 37.1 Å². The number of amides is 2. The van der Waals surface area contributed by atoms with E-state index < -0.39 is 17.8 Å². The van der Waals surface area contributed by atoms with Crippen LogP contribution < -0.4 is 21.4 Å². The summed E-state index contributed by atoms with van der Waals surface area (Å²) in [7, 11) is 0. The van der Waals surface area contributed by atoms with Crippen LogP contribution in [0.3, 0.4) is 0 Å². The molecule has 0 radical (unpaired) electrons. The highest BCUT2D eigenvalue weighted by Gasteiger charge is 2.11. The number of benzene rings is 2. The topological polar surface area (TPSA) is 145 Å². The molecule has 0 heterocycles. The first-order valence-electron chi connectivity index (χ1n) is 9.89. The van der Waals surface area contributed by atoms with Crippen molar-refractivity contribution < 1.29 is 19.2 Å². The summed E-state index contributed by atoms with van der Waals surface area (Å²) in [6.07, 6.45) is 2.38. The maximum atomic E-state index is 12.3. The lowest BCUT2D eigenvalue weighted by Gasteiger charge is -2.10. The second-order valence-electron chi connectivity index (χ2n) is 6.43. The quantitative estimate of drug-likeness (QED) is 0.161. The van der Waals surface area contributed by atoms with Crippen molar-refractivity contribution in [2.24, 2.45) is 4.99 Å². The normalized spacial score (nSPS) is 10.4. The molecule has 0 fully saturated rings. The monoisotopic (exact) mass is 436 g/mol. The van der Waals surface area contributed by atoms with E-state index in [-0.39, 0.29) is 24.5 Å². The Kier molecular flexibility index (Phi) is 9.72. The average Bonchev–Trinajstić information content (AvgIpc) is 2.81. The van der Waals surface area contributed by atoms with Crippen molar-refractivity contribution in [3.05, 3.63) is 65.7 Å². The van der Waals surface area contributed by atoms with Crippen LogP contribution in [0.15, 0.2) is 59.6 Å². The van der Waals surface area contributed by atoms with Crippen molar-refractivity contribution in [1.29, 1.82) is 5.26 Å². The van der Waals surface area contributed by atoms with E-state index in [4.69, 9.17) is 10.1 Å². The summed E-state index contributed by atoms with van der Waals surface area (Å²) in [6.45, 7) is 1.90. The number of carbonyl (C=O) groups excluding carboxylic acids is 3. The van der Waals surface area contributed by atoms with Crippen LogP contribution in [-0.2, 0) is 20.8 Å². The lowest BCUT2D eigenvalue weighted by Crippen LogP contribution is -2.38. The molecular weight excluding hydrogens is 412 g/mol. The van der Waals surface area contributed by atoms with Gasteiger partial charge in [-0.15, -0.1) is 0 Å². The Bertz CT molecular complexity index is 1000. The van der Waals surface area contributed by atoms with Crippen molar-refractivity contribution >= 4 is 29.4 Å². The van der Waals surface area contributed by atoms with Crippen LogP contribution in [0.1, 0.15) is 29.3 Å². The highest BCUT2D eigenvalue weighted by molar-refractivity contribution is 5.99. The Balaban J connectivity index is 1.77. The van der Waals surface area contributed by atoms with E-state index in [0.717, 1.165) is 5.56 Å². The van der Waals surface area contributed by atoms with Crippen molar-refractivity contribution in [2.45, 2.75) is 19.8 Å². The van der Waals surface area contributed by atoms with E-state index in [1.165, 1.54) is 0 Å². The lowest BCUT2D eigenvalue weighted by atomic mass is 10.1. The van der Waals surface area contributed by atoms with E-state index >= 15 is 0 Å². The first-order chi connectivity index (χ1) is 15.5. The predicted molar refractivity (Wildman–Crippen MR) is 118 cm³/mol. The van der Waals surface area contributed by atoms with Crippen LogP contribution in [0.25, 0.3) is 0 Å². The van der Waals surface area contributed by atoms with Gasteiger partial charge in [0.1, 0.15) is 0 Å². The molecule has 10 nitrogen and oxygen atoms in total. The Morgan fingerprint density at radius 3 is 2.59 bits per heavy atom. The number of hydrogen-bond donors (Lipinski definition) is 4. The third-order valence-electron chi connectivity index (χ3n) is 4.03. The average molecular weight is 436 g/mol. The number of guanidine groups is 1. The van der Waals surface area contributed by atoms with Crippen molar-refractivity contribution in [3.63, 3.8) is 0 Å². The van der Waals surface area contributed by atoms with Crippen LogP contribution in [-0.4, -0.2) is 36.8 Å². The Morgan fingerprint density at radius 1 is 1.09 bits per heavy atom. The molecule has 32 heavy (non-hydrogen) atoms. The third-order valence-corrected chi connectivity index (χ3v) is 4.03. The highest BCUT2D eigenvalue weighted by atomic mass is 16.7. The molecule has 0 aliphatic carbocycles. The predicted octanol–water partition coefficient (Wildman–Crippen LogP) is 1.48. The number of aliphatic imine (C=N–C) groups is 1. The summed E-state index contributed by atoms with van der Waals surface area (Å²) >= 11 is 0. The minimum atomic E-state index is -0.670. The number of anilines is 1. The Morgan fingerprint density at radius 2 is 1.88 bits per heavy atom. The zero-order valence-electron chi connectivity index (χ0n) is 17.6. The van der Waals surface area contributed by atoms with Gasteiger partial charge in [0.25, 0.3) is 11.8 Å². The van der Waals surface area contributed by atoms with Crippen molar-refractivity contribution in [1.82, 2.24) is 16.1 Å². The van der Waals surface area contributed by atoms with Gasteiger partial charge in [0.05, 0.1) is 13.0 Å². The van der Waals surface area contributed by atoms with E-state index in [0.29, 0.717) is 18.7 Å². The third kappa shape index (κ3) is 8.54. The Hall–Kier alpha value is -4.39. The van der Waals surface area contributed by atoms with E-state index in [2.05, 4.69) is 20.9 Å². The van der Waals surface area contributed by atoms with Gasteiger partial charge >= 0.3 is 5.97 Å². The van der Waals surface area contributed by atoms with Gasteiger partial charge in [-0.1, -0.05) is 36.4 Å². The van der Waals surface area contributed by atoms with Crippen LogP contribution >= 0.6 is 0 Å². The first kappa shape index (κ1) is 23.9. The molecule has 0 bridgehead atoms. The molecule has 0 aromatic heterocycles. The van der Waals surface area contributed by atoms with Crippen LogP contribution in [0.4, 0.5) is 5.69 Å². The molecule has 0 atom stereocenters. The van der Waals surface area contributed by atoms with Gasteiger partial charge in [0.15, 0.2) is 6.19 Å². The number of aryl methyl sites for hydroxylation is 1. The lowest BCUT2D eigenvalue weighted by molar-refractivity contribution is -0.157. The zero-order chi connectivity index (χ0) is 23.2. The van der Waals surface area contributed by atoms with E-state index in [1.54, 1.807) is 30.5 Å². The number of hydrogen-bond acceptors (Lipinski definition) is 6. The van der Waals surface area contributed by atoms with Gasteiger partial charge in [-0.25, -0.2) is 4.79 Å². The minimum absolute atomic E-state index is 0.112. The second-order valence-corrected chi connectivity index (χ2v) is 6.43. The zero-order valence-corrected chi connectivity index (χ0v) is 17.6. The van der Waals surface area contributed by atoms with Gasteiger partial charge < -0.3 is 15.5 Å².